The first-order valence-electron chi connectivity index (χ1n) is 6.05. The molecular weight excluding hydrogens is 242 g/mol. The molecule has 0 fully saturated rings. The predicted molar refractivity (Wildman–Crippen MR) is 75.7 cm³/mol. The van der Waals surface area contributed by atoms with Gasteiger partial charge in [-0.3, -0.25) is 4.98 Å². The monoisotopic (exact) mass is 259 g/mol. The molecule has 0 bridgehead atoms. The van der Waals surface area contributed by atoms with E-state index in [1.807, 2.05) is 36.2 Å². The van der Waals surface area contributed by atoms with Crippen LogP contribution >= 0.6 is 11.8 Å². The maximum atomic E-state index is 9.53. The van der Waals surface area contributed by atoms with Gasteiger partial charge in [0.2, 0.25) is 0 Å². The van der Waals surface area contributed by atoms with Crippen LogP contribution in [0.3, 0.4) is 0 Å². The fourth-order valence-electron chi connectivity index (χ4n) is 1.70. The molecule has 0 amide bonds. The Hall–Kier alpha value is -1.32. The molecule has 1 atom stereocenters. The van der Waals surface area contributed by atoms with Crippen LogP contribution < -0.4 is 0 Å². The van der Waals surface area contributed by atoms with Crippen molar-refractivity contribution in [3.63, 3.8) is 0 Å². The largest absolute Gasteiger partial charge is 0.389 e. The maximum Gasteiger partial charge on any atom is 0.0762 e. The van der Waals surface area contributed by atoms with Crippen LogP contribution in [0.15, 0.2) is 53.7 Å². The second kappa shape index (κ2) is 6.57. The van der Waals surface area contributed by atoms with E-state index in [1.54, 1.807) is 13.1 Å². The zero-order valence-corrected chi connectivity index (χ0v) is 11.2. The number of thioether (sulfide) groups is 1. The molecule has 0 spiro atoms. The van der Waals surface area contributed by atoms with Crippen LogP contribution in [0.4, 0.5) is 0 Å². The molecule has 0 saturated carbocycles. The molecule has 0 aliphatic heterocycles. The minimum Gasteiger partial charge on any atom is -0.389 e. The van der Waals surface area contributed by atoms with Crippen molar-refractivity contribution in [1.29, 1.82) is 0 Å². The first-order valence-corrected chi connectivity index (χ1v) is 7.04. The van der Waals surface area contributed by atoms with E-state index in [2.05, 4.69) is 23.2 Å². The number of benzene rings is 1. The molecule has 1 aromatic heterocycles. The molecule has 0 aliphatic rings. The number of nitrogens with zero attached hydrogens (tertiary/aromatic N) is 1. The van der Waals surface area contributed by atoms with E-state index in [0.717, 1.165) is 17.7 Å². The van der Waals surface area contributed by atoms with Crippen molar-refractivity contribution in [2.75, 3.05) is 5.75 Å². The van der Waals surface area contributed by atoms with Gasteiger partial charge >= 0.3 is 0 Å². The predicted octanol–water partition coefficient (Wildman–Crippen LogP) is 3.47. The molecule has 2 nitrogen and oxygen atoms in total. The zero-order valence-electron chi connectivity index (χ0n) is 10.4. The average molecular weight is 259 g/mol. The lowest BCUT2D eigenvalue weighted by molar-refractivity contribution is 0.199. The third-order valence-corrected chi connectivity index (χ3v) is 3.72. The minimum atomic E-state index is -0.399. The number of aryl methyl sites for hydroxylation is 1. The Labute approximate surface area is 112 Å². The lowest BCUT2D eigenvalue weighted by atomic mass is 10.1. The highest BCUT2D eigenvalue weighted by molar-refractivity contribution is 7.99. The average Bonchev–Trinajstić information content (AvgIpc) is 2.40. The van der Waals surface area contributed by atoms with E-state index in [4.69, 9.17) is 0 Å². The van der Waals surface area contributed by atoms with Crippen LogP contribution in [-0.2, 0) is 6.42 Å². The first kappa shape index (κ1) is 13.1. The standard InChI is InChI=1S/C15H17NOS/c1-12(17)14-5-2-6-15(10-14)18-9-7-13-4-3-8-16-11-13/h2-6,8,10-12,17H,7,9H2,1H3. The molecule has 2 aromatic rings. The maximum absolute atomic E-state index is 9.53. The highest BCUT2D eigenvalue weighted by Gasteiger charge is 2.02. The van der Waals surface area contributed by atoms with E-state index in [9.17, 15) is 5.11 Å². The van der Waals surface area contributed by atoms with E-state index in [0.29, 0.717) is 0 Å². The van der Waals surface area contributed by atoms with Crippen LogP contribution in [0.25, 0.3) is 0 Å². The number of aliphatic hydroxyl groups is 1. The molecule has 0 aliphatic carbocycles. The van der Waals surface area contributed by atoms with Crippen molar-refractivity contribution in [3.05, 3.63) is 59.9 Å². The first-order chi connectivity index (χ1) is 8.75. The Bertz CT molecular complexity index is 485. The molecule has 0 saturated heterocycles. The second-order valence-corrected chi connectivity index (χ2v) is 5.38. The summed E-state index contributed by atoms with van der Waals surface area (Å²) in [7, 11) is 0. The Balaban J connectivity index is 1.89. The summed E-state index contributed by atoms with van der Waals surface area (Å²) < 4.78 is 0. The fourth-order valence-corrected chi connectivity index (χ4v) is 2.66. The van der Waals surface area contributed by atoms with Crippen molar-refractivity contribution in [1.82, 2.24) is 4.98 Å². The SMILES string of the molecule is CC(O)c1cccc(SCCc2cccnc2)c1. The van der Waals surface area contributed by atoms with Gasteiger partial charge in [0, 0.05) is 23.0 Å². The van der Waals surface area contributed by atoms with Crippen molar-refractivity contribution < 1.29 is 5.11 Å². The molecule has 2 rings (SSSR count). The smallest absolute Gasteiger partial charge is 0.0762 e. The lowest BCUT2D eigenvalue weighted by Crippen LogP contribution is -1.92. The quantitative estimate of drug-likeness (QED) is 0.835. The topological polar surface area (TPSA) is 33.1 Å². The Morgan fingerprint density at radius 3 is 2.89 bits per heavy atom. The highest BCUT2D eigenvalue weighted by Crippen LogP contribution is 2.23. The van der Waals surface area contributed by atoms with Gasteiger partial charge in [-0.25, -0.2) is 0 Å². The Kier molecular flexibility index (Phi) is 4.79. The molecule has 1 N–H and O–H groups in total. The summed E-state index contributed by atoms with van der Waals surface area (Å²) in [6, 6.07) is 12.1. The summed E-state index contributed by atoms with van der Waals surface area (Å²) in [6.07, 6.45) is 4.32. The minimum absolute atomic E-state index is 0.399. The van der Waals surface area contributed by atoms with Gasteiger partial charge in [-0.1, -0.05) is 18.2 Å². The molecule has 94 valence electrons. The summed E-state index contributed by atoms with van der Waals surface area (Å²) in [5, 5.41) is 9.53. The number of pyridine rings is 1. The Morgan fingerprint density at radius 2 is 2.17 bits per heavy atom. The number of hydrogen-bond acceptors (Lipinski definition) is 3. The molecule has 3 heteroatoms. The third kappa shape index (κ3) is 3.86. The zero-order chi connectivity index (χ0) is 12.8. The van der Waals surface area contributed by atoms with Gasteiger partial charge in [0.1, 0.15) is 0 Å². The normalized spacial score (nSPS) is 12.3. The summed E-state index contributed by atoms with van der Waals surface area (Å²) in [6.45, 7) is 1.79. The van der Waals surface area contributed by atoms with Crippen molar-refractivity contribution in [2.45, 2.75) is 24.3 Å². The van der Waals surface area contributed by atoms with Gasteiger partial charge in [-0.2, -0.15) is 0 Å². The highest BCUT2D eigenvalue weighted by atomic mass is 32.2. The van der Waals surface area contributed by atoms with Gasteiger partial charge in [-0.15, -0.1) is 11.8 Å². The fraction of sp³-hybridized carbons (Fsp3) is 0.267. The molecule has 0 radical (unpaired) electrons. The molecule has 1 unspecified atom stereocenters. The van der Waals surface area contributed by atoms with Crippen LogP contribution in [0.5, 0.6) is 0 Å². The number of hydrogen-bond donors (Lipinski definition) is 1. The van der Waals surface area contributed by atoms with Gasteiger partial charge in [0.25, 0.3) is 0 Å². The van der Waals surface area contributed by atoms with Crippen LogP contribution in [0.2, 0.25) is 0 Å². The number of aromatic nitrogens is 1. The molecular formula is C15H17NOS. The van der Waals surface area contributed by atoms with E-state index >= 15 is 0 Å². The molecule has 1 heterocycles. The van der Waals surface area contributed by atoms with Gasteiger partial charge in [-0.05, 0) is 42.7 Å². The van der Waals surface area contributed by atoms with E-state index < -0.39 is 6.10 Å². The number of rotatable bonds is 5. The van der Waals surface area contributed by atoms with Gasteiger partial charge in [0.15, 0.2) is 0 Å². The summed E-state index contributed by atoms with van der Waals surface area (Å²) >= 11 is 1.81. The van der Waals surface area contributed by atoms with Gasteiger partial charge < -0.3 is 5.11 Å². The van der Waals surface area contributed by atoms with Crippen LogP contribution in [-0.4, -0.2) is 15.8 Å². The summed E-state index contributed by atoms with van der Waals surface area (Å²) in [5.74, 6) is 1.02. The second-order valence-electron chi connectivity index (χ2n) is 4.21. The van der Waals surface area contributed by atoms with Crippen LogP contribution in [0, 0.1) is 0 Å². The summed E-state index contributed by atoms with van der Waals surface area (Å²) in [4.78, 5) is 5.31. The van der Waals surface area contributed by atoms with Crippen LogP contribution in [0.1, 0.15) is 24.2 Å². The van der Waals surface area contributed by atoms with Crippen molar-refractivity contribution >= 4 is 11.8 Å². The van der Waals surface area contributed by atoms with Crippen molar-refractivity contribution in [3.8, 4) is 0 Å². The van der Waals surface area contributed by atoms with Crippen molar-refractivity contribution in [2.24, 2.45) is 0 Å². The Morgan fingerprint density at radius 1 is 1.28 bits per heavy atom. The number of aliphatic hydroxyl groups excluding tert-OH is 1. The lowest BCUT2D eigenvalue weighted by Gasteiger charge is -2.07. The van der Waals surface area contributed by atoms with Gasteiger partial charge in [0.05, 0.1) is 6.10 Å². The third-order valence-electron chi connectivity index (χ3n) is 2.72. The molecule has 1 aromatic carbocycles. The van der Waals surface area contributed by atoms with E-state index in [-0.39, 0.29) is 0 Å². The summed E-state index contributed by atoms with van der Waals surface area (Å²) in [5.41, 5.74) is 2.23. The van der Waals surface area contributed by atoms with E-state index in [1.165, 1.54) is 10.5 Å². The molecule has 18 heavy (non-hydrogen) atoms.